The molecular formula is C15H20BrN3O2. The molecule has 1 atom stereocenters. The van der Waals surface area contributed by atoms with Gasteiger partial charge in [-0.2, -0.15) is 0 Å². The molecule has 1 aliphatic rings. The molecule has 1 aliphatic heterocycles. The van der Waals surface area contributed by atoms with Gasteiger partial charge in [0.25, 0.3) is 5.91 Å². The predicted molar refractivity (Wildman–Crippen MR) is 85.0 cm³/mol. The van der Waals surface area contributed by atoms with Crippen LogP contribution in [0.25, 0.3) is 0 Å². The van der Waals surface area contributed by atoms with E-state index in [1.807, 2.05) is 19.1 Å². The third-order valence-corrected chi connectivity index (χ3v) is 4.22. The highest BCUT2D eigenvalue weighted by atomic mass is 79.9. The fourth-order valence-corrected chi connectivity index (χ4v) is 2.53. The second-order valence-electron chi connectivity index (χ2n) is 5.26. The van der Waals surface area contributed by atoms with Crippen LogP contribution in [0.5, 0.6) is 0 Å². The average molecular weight is 354 g/mol. The van der Waals surface area contributed by atoms with E-state index in [1.54, 1.807) is 12.1 Å². The minimum absolute atomic E-state index is 0.0204. The van der Waals surface area contributed by atoms with Gasteiger partial charge in [0.2, 0.25) is 5.91 Å². The topological polar surface area (TPSA) is 70.2 Å². The largest absolute Gasteiger partial charge is 0.354 e. The molecule has 1 aromatic carbocycles. The third kappa shape index (κ3) is 4.54. The molecule has 0 bridgehead atoms. The Morgan fingerprint density at radius 3 is 2.67 bits per heavy atom. The van der Waals surface area contributed by atoms with Crippen LogP contribution in [0, 0.1) is 11.8 Å². The Balaban J connectivity index is 1.67. The maximum Gasteiger partial charge on any atom is 0.251 e. The van der Waals surface area contributed by atoms with E-state index in [1.165, 1.54) is 0 Å². The number of carbonyl (C=O) groups excluding carboxylic acids is 2. The van der Waals surface area contributed by atoms with E-state index in [2.05, 4.69) is 31.9 Å². The molecule has 21 heavy (non-hydrogen) atoms. The molecule has 2 rings (SSSR count). The van der Waals surface area contributed by atoms with E-state index in [9.17, 15) is 9.59 Å². The molecule has 6 heteroatoms. The Kier molecular flexibility index (Phi) is 5.76. The molecule has 3 N–H and O–H groups in total. The summed E-state index contributed by atoms with van der Waals surface area (Å²) in [6, 6.07) is 7.20. The van der Waals surface area contributed by atoms with E-state index in [4.69, 9.17) is 0 Å². The van der Waals surface area contributed by atoms with Crippen molar-refractivity contribution in [3.63, 3.8) is 0 Å². The monoisotopic (exact) mass is 353 g/mol. The zero-order valence-electron chi connectivity index (χ0n) is 12.0. The lowest BCUT2D eigenvalue weighted by Gasteiger charge is -2.31. The van der Waals surface area contributed by atoms with Crippen molar-refractivity contribution >= 4 is 27.7 Å². The Labute approximate surface area is 133 Å². The van der Waals surface area contributed by atoms with Crippen LogP contribution in [-0.2, 0) is 4.79 Å². The summed E-state index contributed by atoms with van der Waals surface area (Å²) < 4.78 is 0.867. The molecule has 1 fully saturated rings. The number of rotatable bonds is 6. The molecule has 2 amide bonds. The van der Waals surface area contributed by atoms with Gasteiger partial charge < -0.3 is 16.0 Å². The maximum atomic E-state index is 11.9. The molecule has 0 radical (unpaired) electrons. The quantitative estimate of drug-likeness (QED) is 0.672. The normalized spacial score (nSPS) is 15.9. The van der Waals surface area contributed by atoms with Gasteiger partial charge in [0, 0.05) is 29.0 Å². The molecule has 1 aromatic rings. The third-order valence-electron chi connectivity index (χ3n) is 3.73. The summed E-state index contributed by atoms with van der Waals surface area (Å²) in [4.78, 5) is 23.8. The highest BCUT2D eigenvalue weighted by Crippen LogP contribution is 2.15. The first-order chi connectivity index (χ1) is 10.1. The fourth-order valence-electron chi connectivity index (χ4n) is 2.13. The number of nitrogens with one attached hydrogen (secondary N) is 3. The maximum absolute atomic E-state index is 11.9. The molecule has 1 saturated heterocycles. The number of amides is 2. The van der Waals surface area contributed by atoms with Gasteiger partial charge in [-0.25, -0.2) is 0 Å². The minimum atomic E-state index is -0.137. The summed E-state index contributed by atoms with van der Waals surface area (Å²) >= 11 is 3.33. The Bertz CT molecular complexity index is 517. The first-order valence-corrected chi connectivity index (χ1v) is 7.89. The summed E-state index contributed by atoms with van der Waals surface area (Å²) in [6.45, 7) is 4.64. The Hall–Kier alpha value is -1.40. The van der Waals surface area contributed by atoms with E-state index in [-0.39, 0.29) is 17.7 Å². The highest BCUT2D eigenvalue weighted by molar-refractivity contribution is 9.10. The Morgan fingerprint density at radius 1 is 1.33 bits per heavy atom. The van der Waals surface area contributed by atoms with Crippen molar-refractivity contribution in [1.29, 1.82) is 0 Å². The van der Waals surface area contributed by atoms with Crippen LogP contribution in [0.1, 0.15) is 17.3 Å². The molecular weight excluding hydrogens is 334 g/mol. The standard InChI is InChI=1S/C15H20BrN3O2/c1-10(12-8-17-9-12)14(20)18-5-6-19-15(21)11-3-2-4-13(16)7-11/h2-4,7,10,12,17H,5-6,8-9H2,1H3,(H,18,20)(H,19,21). The van der Waals surface area contributed by atoms with Crippen LogP contribution in [0.4, 0.5) is 0 Å². The summed E-state index contributed by atoms with van der Waals surface area (Å²) in [6.07, 6.45) is 0. The van der Waals surface area contributed by atoms with Gasteiger partial charge >= 0.3 is 0 Å². The molecule has 5 nitrogen and oxygen atoms in total. The Morgan fingerprint density at radius 2 is 2.05 bits per heavy atom. The lowest BCUT2D eigenvalue weighted by Crippen LogP contribution is -2.50. The summed E-state index contributed by atoms with van der Waals surface area (Å²) in [5.74, 6) is 0.369. The summed E-state index contributed by atoms with van der Waals surface area (Å²) in [7, 11) is 0. The van der Waals surface area contributed by atoms with E-state index in [0.29, 0.717) is 24.6 Å². The van der Waals surface area contributed by atoms with Crippen molar-refractivity contribution in [2.24, 2.45) is 11.8 Å². The van der Waals surface area contributed by atoms with Crippen molar-refractivity contribution in [2.75, 3.05) is 26.2 Å². The van der Waals surface area contributed by atoms with Crippen molar-refractivity contribution in [3.05, 3.63) is 34.3 Å². The van der Waals surface area contributed by atoms with Gasteiger partial charge in [-0.05, 0) is 37.2 Å². The lowest BCUT2D eigenvalue weighted by molar-refractivity contribution is -0.126. The van der Waals surface area contributed by atoms with Gasteiger partial charge in [-0.15, -0.1) is 0 Å². The zero-order chi connectivity index (χ0) is 15.2. The van der Waals surface area contributed by atoms with Gasteiger partial charge in [0.1, 0.15) is 0 Å². The van der Waals surface area contributed by atoms with Crippen LogP contribution in [0.3, 0.4) is 0 Å². The van der Waals surface area contributed by atoms with Crippen molar-refractivity contribution < 1.29 is 9.59 Å². The smallest absolute Gasteiger partial charge is 0.251 e. The van der Waals surface area contributed by atoms with Gasteiger partial charge in [-0.1, -0.05) is 28.9 Å². The van der Waals surface area contributed by atoms with E-state index < -0.39 is 0 Å². The summed E-state index contributed by atoms with van der Waals surface area (Å²) in [5, 5.41) is 8.81. The second-order valence-corrected chi connectivity index (χ2v) is 6.18. The van der Waals surface area contributed by atoms with Gasteiger partial charge in [0.05, 0.1) is 0 Å². The van der Waals surface area contributed by atoms with Gasteiger partial charge in [-0.3, -0.25) is 9.59 Å². The molecule has 0 aliphatic carbocycles. The molecule has 0 spiro atoms. The number of halogens is 1. The SMILES string of the molecule is CC(C(=O)NCCNC(=O)c1cccc(Br)c1)C1CNC1. The lowest BCUT2D eigenvalue weighted by atomic mass is 9.88. The highest BCUT2D eigenvalue weighted by Gasteiger charge is 2.28. The molecule has 114 valence electrons. The minimum Gasteiger partial charge on any atom is -0.354 e. The van der Waals surface area contributed by atoms with Crippen molar-refractivity contribution in [1.82, 2.24) is 16.0 Å². The molecule has 0 aromatic heterocycles. The zero-order valence-corrected chi connectivity index (χ0v) is 13.6. The number of hydrogen-bond donors (Lipinski definition) is 3. The van der Waals surface area contributed by atoms with Crippen LogP contribution < -0.4 is 16.0 Å². The van der Waals surface area contributed by atoms with E-state index in [0.717, 1.165) is 17.6 Å². The first-order valence-electron chi connectivity index (χ1n) is 7.10. The summed E-state index contributed by atoms with van der Waals surface area (Å²) in [5.41, 5.74) is 0.601. The fraction of sp³-hybridized carbons (Fsp3) is 0.467. The predicted octanol–water partition coefficient (Wildman–Crippen LogP) is 1.15. The molecule has 0 saturated carbocycles. The van der Waals surface area contributed by atoms with Crippen molar-refractivity contribution in [3.8, 4) is 0 Å². The van der Waals surface area contributed by atoms with Crippen LogP contribution >= 0.6 is 15.9 Å². The van der Waals surface area contributed by atoms with Crippen LogP contribution in [0.15, 0.2) is 28.7 Å². The van der Waals surface area contributed by atoms with Gasteiger partial charge in [0.15, 0.2) is 0 Å². The number of benzene rings is 1. The van der Waals surface area contributed by atoms with Crippen LogP contribution in [0.2, 0.25) is 0 Å². The van der Waals surface area contributed by atoms with Crippen molar-refractivity contribution in [2.45, 2.75) is 6.92 Å². The first kappa shape index (κ1) is 16.0. The number of carbonyl (C=O) groups is 2. The van der Waals surface area contributed by atoms with Crippen LogP contribution in [-0.4, -0.2) is 38.0 Å². The molecule has 1 unspecified atom stereocenters. The molecule has 1 heterocycles. The van der Waals surface area contributed by atoms with E-state index >= 15 is 0 Å². The average Bonchev–Trinajstić information content (AvgIpc) is 2.41. The number of hydrogen-bond acceptors (Lipinski definition) is 3. The second kappa shape index (κ2) is 7.56.